The molecule has 9 nitrogen and oxygen atoms in total. The molecule has 0 saturated carbocycles. The largest absolute Gasteiger partial charge is 0.504 e. The first-order valence-electron chi connectivity index (χ1n) is 9.32. The zero-order chi connectivity index (χ0) is 22.5. The number of rotatable bonds is 7. The van der Waals surface area contributed by atoms with E-state index in [4.69, 9.17) is 10.5 Å². The van der Waals surface area contributed by atoms with Crippen LogP contribution in [0.2, 0.25) is 0 Å². The molecule has 1 unspecified atom stereocenters. The highest BCUT2D eigenvalue weighted by molar-refractivity contribution is 7.08. The summed E-state index contributed by atoms with van der Waals surface area (Å²) < 4.78 is 5.44. The summed E-state index contributed by atoms with van der Waals surface area (Å²) >= 11 is 1.47. The van der Waals surface area contributed by atoms with Crippen LogP contribution in [0.15, 0.2) is 51.4 Å². The molecule has 0 spiro atoms. The number of aliphatic imine (C=N–C) groups is 1. The number of benzene rings is 1. The molecule has 162 valence electrons. The molecule has 0 radical (unpaired) electrons. The fourth-order valence-electron chi connectivity index (χ4n) is 3.33. The normalized spacial score (nSPS) is 16.9. The second-order valence-corrected chi connectivity index (χ2v) is 7.27. The summed E-state index contributed by atoms with van der Waals surface area (Å²) in [4.78, 5) is 28.3. The number of aromatic hydroxyl groups is 1. The quantitative estimate of drug-likeness (QED) is 0.417. The van der Waals surface area contributed by atoms with Crippen molar-refractivity contribution in [2.75, 3.05) is 13.7 Å². The molecule has 31 heavy (non-hydrogen) atoms. The molecular weight excluding hydrogens is 420 g/mol. The molecule has 0 bridgehead atoms. The maximum atomic E-state index is 12.5. The number of aromatic carboxylic acids is 1. The van der Waals surface area contributed by atoms with Crippen molar-refractivity contribution in [1.29, 1.82) is 0 Å². The highest BCUT2D eigenvalue weighted by Crippen LogP contribution is 2.41. The van der Waals surface area contributed by atoms with Gasteiger partial charge in [-0.05, 0) is 47.0 Å². The van der Waals surface area contributed by atoms with E-state index in [1.807, 2.05) is 16.8 Å². The third-order valence-electron chi connectivity index (χ3n) is 4.60. The Labute approximate surface area is 182 Å². The summed E-state index contributed by atoms with van der Waals surface area (Å²) in [6, 6.07) is 3.48. The van der Waals surface area contributed by atoms with Gasteiger partial charge in [0.25, 0.3) is 0 Å². The third kappa shape index (κ3) is 4.38. The van der Waals surface area contributed by atoms with Gasteiger partial charge in [0.2, 0.25) is 0 Å². The van der Waals surface area contributed by atoms with Crippen LogP contribution in [-0.2, 0) is 0 Å². The first kappa shape index (κ1) is 21.9. The summed E-state index contributed by atoms with van der Waals surface area (Å²) in [6.45, 7) is 1.94. The summed E-state index contributed by atoms with van der Waals surface area (Å²) in [5.41, 5.74) is 8.31. The molecule has 1 atom stereocenters. The number of amides is 2. The minimum Gasteiger partial charge on any atom is -0.504 e. The lowest BCUT2D eigenvalue weighted by Gasteiger charge is -2.31. The number of hydrogen-bond donors (Lipinski definition) is 5. The SMILES string of the molecule is CCOc1cc(C2NC(=O)NC(C(C=NC)=CN)=C2c2ccsc2)cc(C(=O)O)c1O. The zero-order valence-corrected chi connectivity index (χ0v) is 17.7. The van der Waals surface area contributed by atoms with E-state index in [1.165, 1.54) is 35.9 Å². The molecule has 2 heterocycles. The molecule has 2 amide bonds. The lowest BCUT2D eigenvalue weighted by molar-refractivity contribution is 0.0692. The lowest BCUT2D eigenvalue weighted by Crippen LogP contribution is -2.44. The number of carbonyl (C=O) groups is 2. The van der Waals surface area contributed by atoms with E-state index in [0.29, 0.717) is 22.4 Å². The van der Waals surface area contributed by atoms with Crippen LogP contribution in [0.25, 0.3) is 5.57 Å². The Morgan fingerprint density at radius 2 is 2.19 bits per heavy atom. The van der Waals surface area contributed by atoms with E-state index >= 15 is 0 Å². The molecule has 1 aromatic carbocycles. The smallest absolute Gasteiger partial charge is 0.339 e. The average Bonchev–Trinajstić information content (AvgIpc) is 3.27. The first-order chi connectivity index (χ1) is 14.9. The molecule has 0 fully saturated rings. The van der Waals surface area contributed by atoms with Gasteiger partial charge < -0.3 is 31.3 Å². The van der Waals surface area contributed by atoms with Crippen LogP contribution in [0.5, 0.6) is 11.5 Å². The maximum Gasteiger partial charge on any atom is 0.339 e. The van der Waals surface area contributed by atoms with Crippen LogP contribution in [0.3, 0.4) is 0 Å². The van der Waals surface area contributed by atoms with Gasteiger partial charge in [-0.3, -0.25) is 4.99 Å². The highest BCUT2D eigenvalue weighted by Gasteiger charge is 2.32. The van der Waals surface area contributed by atoms with Crippen molar-refractivity contribution in [1.82, 2.24) is 10.6 Å². The number of allylic oxidation sites excluding steroid dienone is 1. The van der Waals surface area contributed by atoms with Crippen molar-refractivity contribution in [3.63, 3.8) is 0 Å². The second-order valence-electron chi connectivity index (χ2n) is 6.49. The standard InChI is InChI=1S/C21H22N4O5S/c1-3-30-15-7-12(6-14(19(15)26)20(27)28)17-16(11-4-5-31-10-11)18(25-21(29)24-17)13(8-22)9-23-2/h4-10,17,26H,3,22H2,1-2H3,(H,27,28)(H2,24,25,29). The Bertz CT molecular complexity index is 1090. The van der Waals surface area contributed by atoms with Crippen molar-refractivity contribution >= 4 is 35.1 Å². The minimum atomic E-state index is -1.32. The van der Waals surface area contributed by atoms with Crippen molar-refractivity contribution in [2.45, 2.75) is 13.0 Å². The van der Waals surface area contributed by atoms with Gasteiger partial charge in [0.1, 0.15) is 5.56 Å². The Morgan fingerprint density at radius 3 is 2.77 bits per heavy atom. The van der Waals surface area contributed by atoms with Gasteiger partial charge in [-0.25, -0.2) is 9.59 Å². The predicted molar refractivity (Wildman–Crippen MR) is 119 cm³/mol. The molecule has 10 heteroatoms. The van der Waals surface area contributed by atoms with Crippen molar-refractivity contribution < 1.29 is 24.5 Å². The van der Waals surface area contributed by atoms with E-state index in [1.54, 1.807) is 14.0 Å². The number of thiophene rings is 1. The van der Waals surface area contributed by atoms with Gasteiger partial charge in [0, 0.05) is 30.6 Å². The lowest BCUT2D eigenvalue weighted by atomic mass is 9.88. The molecular formula is C21H22N4O5S. The number of hydrogen-bond acceptors (Lipinski definition) is 7. The molecule has 1 aliphatic rings. The number of carbonyl (C=O) groups excluding carboxylic acids is 1. The first-order valence-corrected chi connectivity index (χ1v) is 10.3. The zero-order valence-electron chi connectivity index (χ0n) is 16.9. The Balaban J connectivity index is 2.30. The topological polar surface area (TPSA) is 146 Å². The maximum absolute atomic E-state index is 12.5. The predicted octanol–water partition coefficient (Wildman–Crippen LogP) is 2.86. The number of urea groups is 1. The van der Waals surface area contributed by atoms with E-state index in [0.717, 1.165) is 5.56 Å². The molecule has 1 aliphatic heterocycles. The van der Waals surface area contributed by atoms with E-state index in [2.05, 4.69) is 15.6 Å². The average molecular weight is 442 g/mol. The van der Waals surface area contributed by atoms with Gasteiger partial charge >= 0.3 is 12.0 Å². The molecule has 0 aliphatic carbocycles. The highest BCUT2D eigenvalue weighted by atomic mass is 32.1. The van der Waals surface area contributed by atoms with Gasteiger partial charge in [-0.1, -0.05) is 0 Å². The minimum absolute atomic E-state index is 0.0149. The van der Waals surface area contributed by atoms with Crippen molar-refractivity contribution in [3.05, 3.63) is 63.1 Å². The molecule has 1 aromatic heterocycles. The number of phenols is 1. The molecule has 6 N–H and O–H groups in total. The Hall–Kier alpha value is -3.79. The number of ether oxygens (including phenoxy) is 1. The van der Waals surface area contributed by atoms with Crippen LogP contribution in [-0.4, -0.2) is 42.1 Å². The number of nitrogens with zero attached hydrogens (tertiary/aromatic N) is 1. The van der Waals surface area contributed by atoms with Crippen LogP contribution in [0.4, 0.5) is 4.79 Å². The van der Waals surface area contributed by atoms with Crippen molar-refractivity contribution in [3.8, 4) is 11.5 Å². The number of nitrogens with two attached hydrogens (primary N) is 1. The number of carboxylic acids is 1. The van der Waals surface area contributed by atoms with Gasteiger partial charge in [0.15, 0.2) is 11.5 Å². The molecule has 3 rings (SSSR count). The van der Waals surface area contributed by atoms with Gasteiger partial charge in [0.05, 0.1) is 18.3 Å². The summed E-state index contributed by atoms with van der Waals surface area (Å²) in [5, 5.41) is 29.3. The van der Waals surface area contributed by atoms with Gasteiger partial charge in [-0.15, -0.1) is 0 Å². The van der Waals surface area contributed by atoms with Crippen LogP contribution < -0.4 is 21.1 Å². The number of carboxylic acid groups (broad SMARTS) is 1. The third-order valence-corrected chi connectivity index (χ3v) is 5.28. The van der Waals surface area contributed by atoms with Gasteiger partial charge in [-0.2, -0.15) is 11.3 Å². The van der Waals surface area contributed by atoms with E-state index in [9.17, 15) is 19.8 Å². The molecule has 0 saturated heterocycles. The Kier molecular flexibility index (Phi) is 6.61. The van der Waals surface area contributed by atoms with Crippen molar-refractivity contribution in [2.24, 2.45) is 10.7 Å². The second kappa shape index (κ2) is 9.35. The van der Waals surface area contributed by atoms with E-state index < -0.39 is 23.8 Å². The van der Waals surface area contributed by atoms with Crippen LogP contribution in [0, 0.1) is 0 Å². The summed E-state index contributed by atoms with van der Waals surface area (Å²) in [7, 11) is 1.59. The van der Waals surface area contributed by atoms with Crippen LogP contribution in [0.1, 0.15) is 34.5 Å². The summed E-state index contributed by atoms with van der Waals surface area (Å²) in [5.74, 6) is -1.77. The molecule has 2 aromatic rings. The van der Waals surface area contributed by atoms with Crippen LogP contribution >= 0.6 is 11.3 Å². The number of nitrogens with one attached hydrogen (secondary N) is 2. The Morgan fingerprint density at radius 1 is 1.42 bits per heavy atom. The summed E-state index contributed by atoms with van der Waals surface area (Å²) in [6.07, 6.45) is 2.86. The monoisotopic (exact) mass is 442 g/mol. The fourth-order valence-corrected chi connectivity index (χ4v) is 3.98. The fraction of sp³-hybridized carbons (Fsp3) is 0.190. The van der Waals surface area contributed by atoms with E-state index in [-0.39, 0.29) is 17.9 Å².